The zero-order valence-corrected chi connectivity index (χ0v) is 7.36. The van der Waals surface area contributed by atoms with Gasteiger partial charge < -0.3 is 20.6 Å². The average Bonchev–Trinajstić information content (AvgIpc) is 2.54. The fourth-order valence-corrected chi connectivity index (χ4v) is 1.60. The molecule has 1 unspecified atom stereocenters. The zero-order valence-electron chi connectivity index (χ0n) is 7.36. The second-order valence-corrected chi connectivity index (χ2v) is 3.62. The summed E-state index contributed by atoms with van der Waals surface area (Å²) in [6.45, 7) is 1.17. The van der Waals surface area contributed by atoms with Gasteiger partial charge in [-0.2, -0.15) is 0 Å². The van der Waals surface area contributed by atoms with Gasteiger partial charge >= 0.3 is 0 Å². The number of hydrogen-bond acceptors (Lipinski definition) is 3. The predicted octanol–water partition coefficient (Wildman–Crippen LogP) is 0.0234. The number of hydrogen-bond donors (Lipinski definition) is 3. The van der Waals surface area contributed by atoms with Crippen LogP contribution in [0.15, 0.2) is 18.3 Å². The molecule has 1 atom stereocenters. The summed E-state index contributed by atoms with van der Waals surface area (Å²) in [6.07, 6.45) is 1.83. The molecule has 1 aliphatic rings. The van der Waals surface area contributed by atoms with E-state index in [0.29, 0.717) is 13.2 Å². The molecule has 13 heavy (non-hydrogen) atoms. The van der Waals surface area contributed by atoms with Crippen molar-refractivity contribution < 1.29 is 9.84 Å². The summed E-state index contributed by atoms with van der Waals surface area (Å²) in [5.74, 6) is 0. The lowest BCUT2D eigenvalue weighted by atomic mass is 9.78. The molecule has 0 saturated carbocycles. The molecule has 0 amide bonds. The van der Waals surface area contributed by atoms with Crippen LogP contribution in [0.1, 0.15) is 11.7 Å². The van der Waals surface area contributed by atoms with E-state index in [9.17, 15) is 5.11 Å². The molecule has 4 nitrogen and oxygen atoms in total. The zero-order chi connectivity index (χ0) is 9.31. The fraction of sp³-hybridized carbons (Fsp3) is 0.556. The van der Waals surface area contributed by atoms with Crippen LogP contribution in [0.2, 0.25) is 0 Å². The molecule has 2 rings (SSSR count). The van der Waals surface area contributed by atoms with Crippen molar-refractivity contribution in [2.45, 2.75) is 6.04 Å². The topological polar surface area (TPSA) is 71.3 Å². The van der Waals surface area contributed by atoms with Crippen LogP contribution >= 0.6 is 0 Å². The fourth-order valence-electron chi connectivity index (χ4n) is 1.60. The van der Waals surface area contributed by atoms with E-state index in [1.165, 1.54) is 0 Å². The molecular weight excluding hydrogens is 168 g/mol. The first-order valence-electron chi connectivity index (χ1n) is 4.36. The average molecular weight is 182 g/mol. The minimum atomic E-state index is -0.273. The summed E-state index contributed by atoms with van der Waals surface area (Å²) in [5, 5.41) is 9.23. The van der Waals surface area contributed by atoms with Crippen molar-refractivity contribution in [3.8, 4) is 0 Å². The standard InChI is InChI=1S/C9H14N2O2/c10-8(7-2-1-3-11-7)9(4-12)5-13-6-9/h1-3,8,11-12H,4-6,10H2. The molecule has 0 radical (unpaired) electrons. The molecule has 4 N–H and O–H groups in total. The summed E-state index contributed by atoms with van der Waals surface area (Å²) in [5.41, 5.74) is 6.70. The number of nitrogens with one attached hydrogen (secondary N) is 1. The Hall–Kier alpha value is -0.840. The maximum atomic E-state index is 9.23. The van der Waals surface area contributed by atoms with E-state index in [1.54, 1.807) is 0 Å². The highest BCUT2D eigenvalue weighted by Gasteiger charge is 2.44. The molecule has 1 aromatic rings. The Kier molecular flexibility index (Phi) is 2.11. The van der Waals surface area contributed by atoms with Crippen LogP contribution in [0.4, 0.5) is 0 Å². The molecule has 0 bridgehead atoms. The van der Waals surface area contributed by atoms with Gasteiger partial charge in [-0.15, -0.1) is 0 Å². The van der Waals surface area contributed by atoms with E-state index in [0.717, 1.165) is 5.69 Å². The minimum Gasteiger partial charge on any atom is -0.396 e. The van der Waals surface area contributed by atoms with Crippen molar-refractivity contribution in [1.82, 2.24) is 4.98 Å². The molecule has 4 heteroatoms. The van der Waals surface area contributed by atoms with Crippen LogP contribution in [0.3, 0.4) is 0 Å². The first kappa shape index (κ1) is 8.74. The molecule has 1 aromatic heterocycles. The summed E-state index contributed by atoms with van der Waals surface area (Å²) in [7, 11) is 0. The molecule has 0 aromatic carbocycles. The van der Waals surface area contributed by atoms with E-state index >= 15 is 0 Å². The van der Waals surface area contributed by atoms with Gasteiger partial charge in [0, 0.05) is 11.9 Å². The number of aliphatic hydroxyl groups excluding tert-OH is 1. The molecule has 0 spiro atoms. The molecule has 1 saturated heterocycles. The number of H-pyrrole nitrogens is 1. The van der Waals surface area contributed by atoms with Crippen molar-refractivity contribution in [1.29, 1.82) is 0 Å². The van der Waals surface area contributed by atoms with Crippen molar-refractivity contribution in [3.63, 3.8) is 0 Å². The SMILES string of the molecule is NC(c1ccc[nH]1)C1(CO)COC1. The van der Waals surface area contributed by atoms with Gasteiger partial charge in [0.15, 0.2) is 0 Å². The summed E-state index contributed by atoms with van der Waals surface area (Å²) >= 11 is 0. The molecule has 0 aliphatic carbocycles. The summed E-state index contributed by atoms with van der Waals surface area (Å²) in [4.78, 5) is 3.05. The first-order valence-corrected chi connectivity index (χ1v) is 4.36. The third-order valence-electron chi connectivity index (χ3n) is 2.71. The number of aromatic nitrogens is 1. The number of ether oxygens (including phenoxy) is 1. The molecule has 2 heterocycles. The van der Waals surface area contributed by atoms with Gasteiger partial charge in [0.1, 0.15) is 0 Å². The van der Waals surface area contributed by atoms with E-state index in [2.05, 4.69) is 4.98 Å². The molecular formula is C9H14N2O2. The van der Waals surface area contributed by atoms with Crippen LogP contribution in [-0.4, -0.2) is 29.9 Å². The van der Waals surface area contributed by atoms with Gasteiger partial charge in [0.25, 0.3) is 0 Å². The van der Waals surface area contributed by atoms with Crippen molar-refractivity contribution in [2.24, 2.45) is 11.1 Å². The maximum Gasteiger partial charge on any atom is 0.0608 e. The Bertz CT molecular complexity index is 262. The maximum absolute atomic E-state index is 9.23. The summed E-state index contributed by atoms with van der Waals surface area (Å²) in [6, 6.07) is 3.67. The van der Waals surface area contributed by atoms with Crippen molar-refractivity contribution in [2.75, 3.05) is 19.8 Å². The number of nitrogens with two attached hydrogens (primary N) is 1. The Balaban J connectivity index is 2.16. The van der Waals surface area contributed by atoms with Gasteiger partial charge in [-0.1, -0.05) is 0 Å². The smallest absolute Gasteiger partial charge is 0.0608 e. The van der Waals surface area contributed by atoms with Crippen LogP contribution in [0.25, 0.3) is 0 Å². The van der Waals surface area contributed by atoms with Gasteiger partial charge in [0.2, 0.25) is 0 Å². The van der Waals surface area contributed by atoms with Gasteiger partial charge in [-0.25, -0.2) is 0 Å². The van der Waals surface area contributed by atoms with Crippen LogP contribution in [-0.2, 0) is 4.74 Å². The Morgan fingerprint density at radius 1 is 1.69 bits per heavy atom. The second-order valence-electron chi connectivity index (χ2n) is 3.62. The van der Waals surface area contributed by atoms with Gasteiger partial charge in [-0.05, 0) is 12.1 Å². The Labute approximate surface area is 76.7 Å². The lowest BCUT2D eigenvalue weighted by Gasteiger charge is -2.43. The Morgan fingerprint density at radius 2 is 2.46 bits per heavy atom. The van der Waals surface area contributed by atoms with E-state index in [1.807, 2.05) is 18.3 Å². The normalized spacial score (nSPS) is 22.3. The van der Waals surface area contributed by atoms with Crippen molar-refractivity contribution in [3.05, 3.63) is 24.0 Å². The third-order valence-corrected chi connectivity index (χ3v) is 2.71. The van der Waals surface area contributed by atoms with Crippen molar-refractivity contribution >= 4 is 0 Å². The van der Waals surface area contributed by atoms with Crippen LogP contribution in [0.5, 0.6) is 0 Å². The first-order chi connectivity index (χ1) is 6.28. The number of aliphatic hydroxyl groups is 1. The quantitative estimate of drug-likeness (QED) is 0.617. The highest BCUT2D eigenvalue weighted by Crippen LogP contribution is 2.37. The van der Waals surface area contributed by atoms with Crippen LogP contribution < -0.4 is 5.73 Å². The highest BCUT2D eigenvalue weighted by atomic mass is 16.5. The second kappa shape index (κ2) is 3.14. The van der Waals surface area contributed by atoms with Gasteiger partial charge in [0.05, 0.1) is 31.3 Å². The van der Waals surface area contributed by atoms with E-state index in [-0.39, 0.29) is 18.1 Å². The number of rotatable bonds is 3. The Morgan fingerprint density at radius 3 is 2.85 bits per heavy atom. The lowest BCUT2D eigenvalue weighted by molar-refractivity contribution is -0.151. The third kappa shape index (κ3) is 1.27. The predicted molar refractivity (Wildman–Crippen MR) is 48.1 cm³/mol. The molecule has 1 fully saturated rings. The minimum absolute atomic E-state index is 0.0766. The molecule has 1 aliphatic heterocycles. The lowest BCUT2D eigenvalue weighted by Crippen LogP contribution is -2.52. The van der Waals surface area contributed by atoms with Gasteiger partial charge in [-0.3, -0.25) is 0 Å². The largest absolute Gasteiger partial charge is 0.396 e. The molecule has 72 valence electrons. The summed E-state index contributed by atoms with van der Waals surface area (Å²) < 4.78 is 5.09. The monoisotopic (exact) mass is 182 g/mol. The van der Waals surface area contributed by atoms with E-state index < -0.39 is 0 Å². The van der Waals surface area contributed by atoms with Crippen LogP contribution in [0, 0.1) is 5.41 Å². The number of aromatic amines is 1. The highest BCUT2D eigenvalue weighted by molar-refractivity contribution is 5.14. The van der Waals surface area contributed by atoms with E-state index in [4.69, 9.17) is 10.5 Å².